The van der Waals surface area contributed by atoms with E-state index in [2.05, 4.69) is 4.72 Å². The van der Waals surface area contributed by atoms with Gasteiger partial charge in [0.05, 0.1) is 0 Å². The van der Waals surface area contributed by atoms with E-state index in [4.69, 9.17) is 5.11 Å². The molecule has 21 heavy (non-hydrogen) atoms. The first-order valence-electron chi connectivity index (χ1n) is 6.05. The molecule has 2 N–H and O–H groups in total. The van der Waals surface area contributed by atoms with Crippen LogP contribution in [0.25, 0.3) is 0 Å². The molecule has 0 bridgehead atoms. The number of hydrogen-bond acceptors (Lipinski definition) is 4. The molecule has 4 nitrogen and oxygen atoms in total. The lowest BCUT2D eigenvalue weighted by Gasteiger charge is -2.06. The highest BCUT2D eigenvalue weighted by Gasteiger charge is 2.17. The Hall–Kier alpha value is -1.35. The first-order chi connectivity index (χ1) is 9.92. The summed E-state index contributed by atoms with van der Waals surface area (Å²) in [7, 11) is -3.76. The molecule has 8 heteroatoms. The van der Waals surface area contributed by atoms with E-state index in [1.807, 2.05) is 0 Å². The first kappa shape index (κ1) is 16.0. The number of halogens is 2. The van der Waals surface area contributed by atoms with Gasteiger partial charge in [-0.05, 0) is 18.2 Å². The van der Waals surface area contributed by atoms with Gasteiger partial charge in [0.25, 0.3) is 0 Å². The van der Waals surface area contributed by atoms with Crippen LogP contribution in [0, 0.1) is 11.6 Å². The summed E-state index contributed by atoms with van der Waals surface area (Å²) in [6.45, 7) is -0.324. The third-order valence-corrected chi connectivity index (χ3v) is 5.77. The molecule has 0 fully saturated rings. The third kappa shape index (κ3) is 4.07. The molecule has 0 unspecified atom stereocenters. The van der Waals surface area contributed by atoms with E-state index in [9.17, 15) is 17.2 Å². The highest BCUT2D eigenvalue weighted by atomic mass is 32.2. The number of thiophene rings is 1. The van der Waals surface area contributed by atoms with Crippen LogP contribution in [0.3, 0.4) is 0 Å². The Morgan fingerprint density at radius 3 is 2.62 bits per heavy atom. The minimum atomic E-state index is -3.76. The summed E-state index contributed by atoms with van der Waals surface area (Å²) < 4.78 is 52.6. The smallest absolute Gasteiger partial charge is 0.250 e. The maximum atomic E-state index is 13.4. The van der Waals surface area contributed by atoms with Crippen LogP contribution in [-0.2, 0) is 23.0 Å². The fourth-order valence-corrected chi connectivity index (χ4v) is 4.05. The lowest BCUT2D eigenvalue weighted by Crippen LogP contribution is -2.22. The number of nitrogens with one attached hydrogen (secondary N) is 1. The quantitative estimate of drug-likeness (QED) is 0.850. The standard InChI is InChI=1S/C13H13F2NO3S2/c14-10-2-1-9(12(15)7-10)8-16-21(18,19)13-4-3-11(20-13)5-6-17/h1-4,7,16-17H,5-6,8H2. The van der Waals surface area contributed by atoms with E-state index in [0.29, 0.717) is 12.5 Å². The molecule has 1 aromatic heterocycles. The molecule has 2 rings (SSSR count). The van der Waals surface area contributed by atoms with Crippen LogP contribution in [0.15, 0.2) is 34.5 Å². The number of aliphatic hydroxyl groups is 1. The zero-order valence-electron chi connectivity index (χ0n) is 10.8. The summed E-state index contributed by atoms with van der Waals surface area (Å²) in [4.78, 5) is 0.742. The molecular formula is C13H13F2NO3S2. The van der Waals surface area contributed by atoms with Crippen molar-refractivity contribution in [3.05, 3.63) is 52.4 Å². The van der Waals surface area contributed by atoms with Gasteiger partial charge in [0, 0.05) is 36.1 Å². The third-order valence-electron chi connectivity index (χ3n) is 2.73. The van der Waals surface area contributed by atoms with Gasteiger partial charge in [0.2, 0.25) is 10.0 Å². The monoisotopic (exact) mass is 333 g/mol. The average Bonchev–Trinajstić information content (AvgIpc) is 2.88. The number of sulfonamides is 1. The molecular weight excluding hydrogens is 320 g/mol. The molecule has 0 aliphatic heterocycles. The number of benzene rings is 1. The number of aliphatic hydroxyl groups excluding tert-OH is 1. The topological polar surface area (TPSA) is 66.4 Å². The van der Waals surface area contributed by atoms with Crippen molar-refractivity contribution in [3.8, 4) is 0 Å². The van der Waals surface area contributed by atoms with Crippen molar-refractivity contribution in [2.75, 3.05) is 6.61 Å². The van der Waals surface area contributed by atoms with Crippen LogP contribution >= 0.6 is 11.3 Å². The molecule has 0 spiro atoms. The Kier molecular flexibility index (Phi) is 5.04. The molecule has 0 amide bonds. The largest absolute Gasteiger partial charge is 0.396 e. The summed E-state index contributed by atoms with van der Waals surface area (Å²) in [6.07, 6.45) is 0.382. The molecule has 0 saturated carbocycles. The molecule has 1 aromatic carbocycles. The summed E-state index contributed by atoms with van der Waals surface area (Å²) in [5.41, 5.74) is 0.0621. The Labute approximate surface area is 125 Å². The Morgan fingerprint density at radius 2 is 1.95 bits per heavy atom. The van der Waals surface area contributed by atoms with E-state index in [0.717, 1.165) is 22.3 Å². The first-order valence-corrected chi connectivity index (χ1v) is 8.35. The molecule has 0 saturated heterocycles. The van der Waals surface area contributed by atoms with E-state index in [1.165, 1.54) is 12.1 Å². The second-order valence-corrected chi connectivity index (χ2v) is 7.42. The predicted molar refractivity (Wildman–Crippen MR) is 75.5 cm³/mol. The van der Waals surface area contributed by atoms with Crippen LogP contribution in [0.4, 0.5) is 8.78 Å². The van der Waals surface area contributed by atoms with Gasteiger partial charge in [-0.15, -0.1) is 11.3 Å². The lowest BCUT2D eigenvalue weighted by molar-refractivity contribution is 0.300. The zero-order valence-corrected chi connectivity index (χ0v) is 12.5. The summed E-state index contributed by atoms with van der Waals surface area (Å²) in [5, 5.41) is 8.81. The molecule has 0 aliphatic rings. The van der Waals surface area contributed by atoms with Crippen LogP contribution in [0.1, 0.15) is 10.4 Å². The van der Waals surface area contributed by atoms with Crippen LogP contribution in [0.5, 0.6) is 0 Å². The van der Waals surface area contributed by atoms with Crippen molar-refractivity contribution in [1.82, 2.24) is 4.72 Å². The van der Waals surface area contributed by atoms with Crippen molar-refractivity contribution in [2.45, 2.75) is 17.2 Å². The summed E-state index contributed by atoms with van der Waals surface area (Å²) in [5.74, 6) is -1.52. The molecule has 2 aromatic rings. The van der Waals surface area contributed by atoms with Crippen molar-refractivity contribution in [3.63, 3.8) is 0 Å². The molecule has 0 atom stereocenters. The van der Waals surface area contributed by atoms with Gasteiger partial charge < -0.3 is 5.11 Å². The van der Waals surface area contributed by atoms with Crippen LogP contribution < -0.4 is 4.72 Å². The molecule has 1 heterocycles. The van der Waals surface area contributed by atoms with Crippen LogP contribution in [-0.4, -0.2) is 20.1 Å². The van der Waals surface area contributed by atoms with Gasteiger partial charge in [-0.25, -0.2) is 21.9 Å². The fraction of sp³-hybridized carbons (Fsp3) is 0.231. The normalized spacial score (nSPS) is 11.8. The highest BCUT2D eigenvalue weighted by Crippen LogP contribution is 2.22. The SMILES string of the molecule is O=S(=O)(NCc1ccc(F)cc1F)c1ccc(CCO)s1. The summed E-state index contributed by atoms with van der Waals surface area (Å²) >= 11 is 1.04. The zero-order chi connectivity index (χ0) is 15.5. The van der Waals surface area contributed by atoms with Crippen LogP contribution in [0.2, 0.25) is 0 Å². The maximum absolute atomic E-state index is 13.4. The second kappa shape index (κ2) is 6.61. The van der Waals surface area contributed by atoms with E-state index < -0.39 is 21.7 Å². The minimum absolute atomic E-state index is 0.0613. The maximum Gasteiger partial charge on any atom is 0.250 e. The van der Waals surface area contributed by atoms with Gasteiger partial charge in [0.1, 0.15) is 15.8 Å². The van der Waals surface area contributed by atoms with Gasteiger partial charge >= 0.3 is 0 Å². The van der Waals surface area contributed by atoms with Gasteiger partial charge in [-0.1, -0.05) is 6.07 Å². The van der Waals surface area contributed by atoms with E-state index in [-0.39, 0.29) is 22.9 Å². The predicted octanol–water partition coefficient (Wildman–Crippen LogP) is 2.04. The minimum Gasteiger partial charge on any atom is -0.396 e. The molecule has 0 aliphatic carbocycles. The van der Waals surface area contributed by atoms with Crippen molar-refractivity contribution >= 4 is 21.4 Å². The average molecular weight is 333 g/mol. The van der Waals surface area contributed by atoms with E-state index >= 15 is 0 Å². The van der Waals surface area contributed by atoms with Crippen molar-refractivity contribution in [1.29, 1.82) is 0 Å². The number of rotatable bonds is 6. The fourth-order valence-electron chi connectivity index (χ4n) is 1.66. The molecule has 114 valence electrons. The Balaban J connectivity index is 2.10. The van der Waals surface area contributed by atoms with Crippen molar-refractivity contribution < 1.29 is 22.3 Å². The Morgan fingerprint density at radius 1 is 1.19 bits per heavy atom. The highest BCUT2D eigenvalue weighted by molar-refractivity contribution is 7.91. The Bertz CT molecular complexity index is 729. The van der Waals surface area contributed by atoms with Gasteiger partial charge in [-0.2, -0.15) is 0 Å². The van der Waals surface area contributed by atoms with Gasteiger partial charge in [-0.3, -0.25) is 0 Å². The van der Waals surface area contributed by atoms with E-state index in [1.54, 1.807) is 6.07 Å². The lowest BCUT2D eigenvalue weighted by atomic mass is 10.2. The van der Waals surface area contributed by atoms with Crippen molar-refractivity contribution in [2.24, 2.45) is 0 Å². The second-order valence-electron chi connectivity index (χ2n) is 4.25. The van der Waals surface area contributed by atoms with Gasteiger partial charge in [0.15, 0.2) is 0 Å². The summed E-state index contributed by atoms with van der Waals surface area (Å²) in [6, 6.07) is 6.01. The molecule has 0 radical (unpaired) electrons. The number of hydrogen-bond donors (Lipinski definition) is 2.